The van der Waals surface area contributed by atoms with Gasteiger partial charge in [-0.2, -0.15) is 5.10 Å². The maximum absolute atomic E-state index is 5.77. The van der Waals surface area contributed by atoms with Crippen molar-refractivity contribution in [1.29, 1.82) is 0 Å². The molecule has 0 radical (unpaired) electrons. The van der Waals surface area contributed by atoms with E-state index in [2.05, 4.69) is 55.2 Å². The summed E-state index contributed by atoms with van der Waals surface area (Å²) in [6, 6.07) is 8.86. The number of likely N-dealkylation sites (tertiary alicyclic amines) is 1. The number of benzene rings is 1. The fourth-order valence-corrected chi connectivity index (χ4v) is 3.92. The molecule has 0 saturated carbocycles. The summed E-state index contributed by atoms with van der Waals surface area (Å²) in [5.74, 6) is 1.33. The largest absolute Gasteiger partial charge is 0.384 e. The number of aromatic nitrogens is 4. The van der Waals surface area contributed by atoms with E-state index in [1.54, 1.807) is 12.3 Å². The lowest BCUT2D eigenvalue weighted by atomic mass is 10.1. The zero-order valence-corrected chi connectivity index (χ0v) is 15.8. The summed E-state index contributed by atoms with van der Waals surface area (Å²) in [4.78, 5) is 13.6. The number of nitrogens with zero attached hydrogens (tertiary/aromatic N) is 5. The second kappa shape index (κ2) is 8.02. The van der Waals surface area contributed by atoms with Crippen LogP contribution in [0.25, 0.3) is 10.9 Å². The Kier molecular flexibility index (Phi) is 5.31. The fraction of sp³-hybridized carbons (Fsp3) is 0.450. The molecule has 0 spiro atoms. The molecule has 1 aliphatic rings. The molecule has 0 bridgehead atoms. The second-order valence-corrected chi connectivity index (χ2v) is 7.47. The Morgan fingerprint density at radius 3 is 3.07 bits per heavy atom. The van der Waals surface area contributed by atoms with E-state index in [0.717, 1.165) is 43.9 Å². The van der Waals surface area contributed by atoms with Gasteiger partial charge in [-0.1, -0.05) is 12.1 Å². The van der Waals surface area contributed by atoms with Gasteiger partial charge in [0, 0.05) is 24.2 Å². The average molecular weight is 365 g/mol. The molecule has 0 aliphatic carbocycles. The summed E-state index contributed by atoms with van der Waals surface area (Å²) in [6.45, 7) is 3.98. The predicted molar refractivity (Wildman–Crippen MR) is 107 cm³/mol. The predicted octanol–water partition coefficient (Wildman–Crippen LogP) is 2.42. The van der Waals surface area contributed by atoms with Crippen molar-refractivity contribution in [2.24, 2.45) is 0 Å². The number of anilines is 1. The minimum Gasteiger partial charge on any atom is -0.384 e. The monoisotopic (exact) mass is 365 g/mol. The van der Waals surface area contributed by atoms with Gasteiger partial charge in [-0.05, 0) is 57.1 Å². The zero-order chi connectivity index (χ0) is 18.6. The number of H-pyrrole nitrogens is 1. The van der Waals surface area contributed by atoms with Crippen molar-refractivity contribution in [2.45, 2.75) is 38.4 Å². The summed E-state index contributed by atoms with van der Waals surface area (Å²) in [7, 11) is 2.17. The Bertz CT molecular complexity index is 891. The minimum atomic E-state index is 0.537. The van der Waals surface area contributed by atoms with E-state index in [9.17, 15) is 0 Å². The highest BCUT2D eigenvalue weighted by atomic mass is 15.2. The van der Waals surface area contributed by atoms with Crippen LogP contribution in [-0.2, 0) is 13.1 Å². The van der Waals surface area contributed by atoms with E-state index in [-0.39, 0.29) is 0 Å². The highest BCUT2D eigenvalue weighted by Crippen LogP contribution is 2.20. The molecule has 4 rings (SSSR count). The molecule has 3 aromatic rings. The Hall–Kier alpha value is -2.51. The van der Waals surface area contributed by atoms with E-state index < -0.39 is 0 Å². The maximum atomic E-state index is 5.77. The number of nitrogen functional groups attached to an aromatic ring is 1. The van der Waals surface area contributed by atoms with Crippen LogP contribution >= 0.6 is 0 Å². The first-order valence-electron chi connectivity index (χ1n) is 9.59. The first kappa shape index (κ1) is 17.9. The number of nitrogens with two attached hydrogens (primary N) is 1. The quantitative estimate of drug-likeness (QED) is 0.722. The lowest BCUT2D eigenvalue weighted by Crippen LogP contribution is -2.33. The average Bonchev–Trinajstić information content (AvgIpc) is 2.99. The topological polar surface area (TPSA) is 87.0 Å². The number of aromatic amines is 1. The first-order valence-corrected chi connectivity index (χ1v) is 9.59. The molecule has 1 aliphatic heterocycles. The Labute approximate surface area is 159 Å². The number of fused-ring (bicyclic) bond motifs is 1. The second-order valence-electron chi connectivity index (χ2n) is 7.47. The molecule has 1 fully saturated rings. The molecule has 0 amide bonds. The SMILES string of the molecule is CN(Cc1nccc(N)n1)C1CCCN(Cc2ccc3cn[nH]c3c2)CC1. The van der Waals surface area contributed by atoms with Crippen LogP contribution in [0.1, 0.15) is 30.7 Å². The number of hydrogen-bond donors (Lipinski definition) is 2. The van der Waals surface area contributed by atoms with Crippen molar-refractivity contribution in [3.05, 3.63) is 48.0 Å². The number of hydrogen-bond acceptors (Lipinski definition) is 6. The van der Waals surface area contributed by atoms with Gasteiger partial charge in [0.15, 0.2) is 0 Å². The van der Waals surface area contributed by atoms with Gasteiger partial charge in [-0.3, -0.25) is 14.9 Å². The van der Waals surface area contributed by atoms with Crippen molar-refractivity contribution in [3.63, 3.8) is 0 Å². The molecule has 1 saturated heterocycles. The summed E-state index contributed by atoms with van der Waals surface area (Å²) in [6.07, 6.45) is 7.17. The highest BCUT2D eigenvalue weighted by molar-refractivity contribution is 5.78. The molecule has 2 aromatic heterocycles. The highest BCUT2D eigenvalue weighted by Gasteiger charge is 2.21. The summed E-state index contributed by atoms with van der Waals surface area (Å²) < 4.78 is 0. The van der Waals surface area contributed by atoms with Crippen molar-refractivity contribution < 1.29 is 0 Å². The van der Waals surface area contributed by atoms with Crippen LogP contribution in [-0.4, -0.2) is 56.1 Å². The van der Waals surface area contributed by atoms with Crippen LogP contribution in [0.15, 0.2) is 36.7 Å². The van der Waals surface area contributed by atoms with E-state index in [1.165, 1.54) is 23.8 Å². The molecule has 3 N–H and O–H groups in total. The first-order chi connectivity index (χ1) is 13.2. The van der Waals surface area contributed by atoms with Crippen LogP contribution in [0, 0.1) is 0 Å². The molecule has 27 heavy (non-hydrogen) atoms. The van der Waals surface area contributed by atoms with Gasteiger partial charge < -0.3 is 5.73 Å². The van der Waals surface area contributed by atoms with E-state index in [0.29, 0.717) is 11.9 Å². The summed E-state index contributed by atoms with van der Waals surface area (Å²) in [5, 5.41) is 8.34. The molecule has 142 valence electrons. The van der Waals surface area contributed by atoms with Crippen LogP contribution in [0.4, 0.5) is 5.82 Å². The van der Waals surface area contributed by atoms with Crippen LogP contribution in [0.5, 0.6) is 0 Å². The van der Waals surface area contributed by atoms with Gasteiger partial charge in [-0.15, -0.1) is 0 Å². The van der Waals surface area contributed by atoms with E-state index in [1.807, 2.05) is 6.20 Å². The molecule has 1 atom stereocenters. The fourth-order valence-electron chi connectivity index (χ4n) is 3.92. The standard InChI is InChI=1S/C20H27N7/c1-26(14-20-22-8-6-19(21)24-20)17-3-2-9-27(10-7-17)13-15-4-5-16-12-23-25-18(16)11-15/h4-6,8,11-12,17H,2-3,7,9-10,13-14H2,1H3,(H,23,25)(H2,21,22,24). The molecule has 7 heteroatoms. The Morgan fingerprint density at radius 2 is 2.19 bits per heavy atom. The van der Waals surface area contributed by atoms with E-state index in [4.69, 9.17) is 5.73 Å². The third kappa shape index (κ3) is 4.43. The van der Waals surface area contributed by atoms with Gasteiger partial charge >= 0.3 is 0 Å². The third-order valence-corrected chi connectivity index (χ3v) is 5.44. The van der Waals surface area contributed by atoms with Crippen molar-refractivity contribution >= 4 is 16.7 Å². The van der Waals surface area contributed by atoms with Gasteiger partial charge in [0.2, 0.25) is 0 Å². The molecular formula is C20H27N7. The van der Waals surface area contributed by atoms with Crippen molar-refractivity contribution in [2.75, 3.05) is 25.9 Å². The lowest BCUT2D eigenvalue weighted by molar-refractivity contribution is 0.202. The Morgan fingerprint density at radius 1 is 1.26 bits per heavy atom. The normalized spacial score (nSPS) is 18.8. The minimum absolute atomic E-state index is 0.537. The molecule has 3 heterocycles. The number of rotatable bonds is 5. The lowest BCUT2D eigenvalue weighted by Gasteiger charge is -2.26. The van der Waals surface area contributed by atoms with Gasteiger partial charge in [0.1, 0.15) is 11.6 Å². The smallest absolute Gasteiger partial charge is 0.144 e. The third-order valence-electron chi connectivity index (χ3n) is 5.44. The molecule has 7 nitrogen and oxygen atoms in total. The van der Waals surface area contributed by atoms with Crippen LogP contribution in [0.3, 0.4) is 0 Å². The molecule has 1 unspecified atom stereocenters. The summed E-state index contributed by atoms with van der Waals surface area (Å²) >= 11 is 0. The van der Waals surface area contributed by atoms with Crippen molar-refractivity contribution in [1.82, 2.24) is 30.0 Å². The molecule has 1 aromatic carbocycles. The number of nitrogens with one attached hydrogen (secondary N) is 1. The maximum Gasteiger partial charge on any atom is 0.144 e. The van der Waals surface area contributed by atoms with Gasteiger partial charge in [0.05, 0.1) is 18.3 Å². The van der Waals surface area contributed by atoms with Crippen molar-refractivity contribution in [3.8, 4) is 0 Å². The van der Waals surface area contributed by atoms with Crippen LogP contribution in [0.2, 0.25) is 0 Å². The van der Waals surface area contributed by atoms with Gasteiger partial charge in [-0.25, -0.2) is 9.97 Å². The molecular weight excluding hydrogens is 338 g/mol. The zero-order valence-electron chi connectivity index (χ0n) is 15.8. The summed E-state index contributed by atoms with van der Waals surface area (Å²) in [5.41, 5.74) is 8.23. The Balaban J connectivity index is 1.34. The van der Waals surface area contributed by atoms with E-state index >= 15 is 0 Å². The van der Waals surface area contributed by atoms with Gasteiger partial charge in [0.25, 0.3) is 0 Å². The van der Waals surface area contributed by atoms with Crippen LogP contribution < -0.4 is 5.73 Å².